The number of piperazine rings is 1. The normalized spacial score (nSPS) is 16.5. The van der Waals surface area contributed by atoms with E-state index in [1.807, 2.05) is 154 Å². The summed E-state index contributed by atoms with van der Waals surface area (Å²) in [6.07, 6.45) is 14.1. The molecule has 1 saturated carbocycles. The number of likely N-dealkylation sites (tertiary alicyclic amines) is 2. The van der Waals surface area contributed by atoms with Crippen LogP contribution in [0.4, 0.5) is 15.8 Å². The highest BCUT2D eigenvalue weighted by Crippen LogP contribution is 2.44. The monoisotopic (exact) mass is 1910 g/mol. The first-order chi connectivity index (χ1) is 68.5. The van der Waals surface area contributed by atoms with E-state index in [1.54, 1.807) is 36.4 Å². The molecule has 15 nitrogen and oxygen atoms in total. The number of hydrogen-bond acceptors (Lipinski definition) is 14. The minimum atomic E-state index is -1.63. The summed E-state index contributed by atoms with van der Waals surface area (Å²) in [4.78, 5) is 34.8. The summed E-state index contributed by atoms with van der Waals surface area (Å²) in [6, 6.07) is 107. The summed E-state index contributed by atoms with van der Waals surface area (Å²) < 4.78 is 18.9. The zero-order chi connectivity index (χ0) is 99.0. The number of fused-ring (bicyclic) bond motifs is 1. The van der Waals surface area contributed by atoms with E-state index in [0.717, 1.165) is 166 Å². The summed E-state index contributed by atoms with van der Waals surface area (Å²) in [5.74, 6) is 3.37. The SMILES string of the molecule is CC(C)(C)C(=O)Oc1ccc(/C(=C(\CCCF)c2ccccc2)c2ccc(C3CCC3)cc2)cc1.CC(C)N1CCN(c2ccc(/C(=C(/CCCO)c3ccccc3)c3ccc(O)cc3)cc2)CC1.C[Si](C)(CN1C[C@H]2CNC[C@H]2C1)c1ccc(/C(=C(/CCCO)c2ccccc2)c2ccc(O)cc2)cc1.O=C(CN1CCCCC1)Nc1ccc(/C(=C(/CCCO)c2ccccc2)c2ccc(O)cc2)cc1. The number of piperidine rings is 1. The molecule has 2 atom stereocenters. The molecule has 8 N–H and O–H groups in total. The number of nitrogens with zero attached hydrogens (tertiary/aromatic N) is 4. The molecule has 5 aliphatic rings. The number of anilines is 2. The molecule has 17 heteroatoms. The van der Waals surface area contributed by atoms with Crippen LogP contribution in [-0.4, -0.2) is 176 Å². The zero-order valence-electron chi connectivity index (χ0n) is 83.6. The Morgan fingerprint density at radius 3 is 1.13 bits per heavy atom. The van der Waals surface area contributed by atoms with Gasteiger partial charge in [0, 0.05) is 76.5 Å². The third-order valence-electron chi connectivity index (χ3n) is 28.1. The summed E-state index contributed by atoms with van der Waals surface area (Å²) in [7, 11) is -1.63. The van der Waals surface area contributed by atoms with E-state index in [0.29, 0.717) is 62.8 Å². The minimum Gasteiger partial charge on any atom is -0.508 e. The van der Waals surface area contributed by atoms with Crippen LogP contribution in [0, 0.1) is 17.3 Å². The molecular weight excluding hydrogens is 1760 g/mol. The van der Waals surface area contributed by atoms with Crippen molar-refractivity contribution in [1.82, 2.24) is 20.0 Å². The van der Waals surface area contributed by atoms with Crippen LogP contribution < -0.4 is 25.5 Å². The maximum absolute atomic E-state index is 13.3. The van der Waals surface area contributed by atoms with Crippen molar-refractivity contribution in [2.45, 2.75) is 150 Å². The van der Waals surface area contributed by atoms with Gasteiger partial charge in [0.1, 0.15) is 23.0 Å². The van der Waals surface area contributed by atoms with Gasteiger partial charge in [-0.15, -0.1) is 0 Å². The van der Waals surface area contributed by atoms with Gasteiger partial charge < -0.3 is 55.8 Å². The average molecular weight is 1910 g/mol. The number of aliphatic hydroxyl groups is 3. The van der Waals surface area contributed by atoms with Gasteiger partial charge in [-0.1, -0.05) is 274 Å². The van der Waals surface area contributed by atoms with Crippen LogP contribution in [0.5, 0.6) is 23.0 Å². The number of phenolic OH excluding ortho intramolecular Hbond substituents is 3. The second-order valence-corrected chi connectivity index (χ2v) is 44.8. The van der Waals surface area contributed by atoms with Crippen molar-refractivity contribution in [3.63, 3.8) is 0 Å². The van der Waals surface area contributed by atoms with Gasteiger partial charge in [0.2, 0.25) is 5.91 Å². The molecule has 0 radical (unpaired) electrons. The molecule has 4 aliphatic heterocycles. The molecule has 0 spiro atoms. The highest BCUT2D eigenvalue weighted by molar-refractivity contribution is 6.90. The van der Waals surface area contributed by atoms with E-state index in [-0.39, 0.29) is 55.6 Å². The number of amides is 1. The van der Waals surface area contributed by atoms with Crippen molar-refractivity contribution >= 4 is 81.1 Å². The fourth-order valence-corrected chi connectivity index (χ4v) is 22.8. The lowest BCUT2D eigenvalue weighted by Crippen LogP contribution is -2.51. The Kier molecular flexibility index (Phi) is 38.4. The summed E-state index contributed by atoms with van der Waals surface area (Å²) in [5.41, 5.74) is 25.2. The van der Waals surface area contributed by atoms with Gasteiger partial charge in [-0.3, -0.25) is 23.8 Å². The highest BCUT2D eigenvalue weighted by Gasteiger charge is 2.39. The molecule has 736 valence electrons. The Labute approximate surface area is 837 Å². The Bertz CT molecular complexity index is 6030. The number of aliphatic hydroxyl groups excluding tert-OH is 3. The number of ether oxygens (including phenoxy) is 1. The molecule has 4 heterocycles. The molecule has 12 aromatic carbocycles. The van der Waals surface area contributed by atoms with Gasteiger partial charge in [-0.05, 0) is 351 Å². The Balaban J connectivity index is 0.000000150. The fraction of sp³-hybridized carbons (Fsp3) is 0.339. The summed E-state index contributed by atoms with van der Waals surface area (Å²) >= 11 is 0. The molecule has 0 unspecified atom stereocenters. The number of nitrogens with one attached hydrogen (secondary N) is 2. The molecule has 17 rings (SSSR count). The van der Waals surface area contributed by atoms with Gasteiger partial charge in [0.05, 0.1) is 26.7 Å². The van der Waals surface area contributed by atoms with Crippen LogP contribution in [0.2, 0.25) is 13.1 Å². The summed E-state index contributed by atoms with van der Waals surface area (Å²) in [6.45, 7) is 26.7. The second kappa shape index (κ2) is 51.9. The lowest BCUT2D eigenvalue weighted by molar-refractivity contribution is -0.143. The number of carbonyl (C=O) groups is 2. The zero-order valence-corrected chi connectivity index (χ0v) is 84.6. The Hall–Kier alpha value is -12.4. The molecule has 141 heavy (non-hydrogen) atoms. The van der Waals surface area contributed by atoms with Crippen molar-refractivity contribution < 1.29 is 49.4 Å². The number of hydrogen-bond donors (Lipinski definition) is 8. The lowest BCUT2D eigenvalue weighted by atomic mass is 9.79. The molecule has 1 amide bonds. The van der Waals surface area contributed by atoms with Gasteiger partial charge >= 0.3 is 5.97 Å². The topological polar surface area (TPSA) is 202 Å². The van der Waals surface area contributed by atoms with Crippen LogP contribution >= 0.6 is 0 Å². The second-order valence-electron chi connectivity index (χ2n) is 40.2. The number of alkyl halides is 1. The lowest BCUT2D eigenvalue weighted by Gasteiger charge is -2.38. The van der Waals surface area contributed by atoms with Crippen molar-refractivity contribution in [1.29, 1.82) is 0 Å². The number of halogens is 1. The van der Waals surface area contributed by atoms with Crippen LogP contribution in [0.3, 0.4) is 0 Å². The Morgan fingerprint density at radius 2 is 0.773 bits per heavy atom. The van der Waals surface area contributed by atoms with Crippen molar-refractivity contribution in [3.05, 3.63) is 388 Å². The molecule has 1 aliphatic carbocycles. The van der Waals surface area contributed by atoms with Gasteiger partial charge in [-0.2, -0.15) is 0 Å². The quantitative estimate of drug-likeness (QED) is 0.00819. The number of carbonyl (C=O) groups excluding carboxylic acids is 2. The number of benzene rings is 12. The molecule has 5 fully saturated rings. The van der Waals surface area contributed by atoms with Crippen LogP contribution in [0.15, 0.2) is 315 Å². The van der Waals surface area contributed by atoms with Crippen LogP contribution in [-0.2, 0) is 9.59 Å². The van der Waals surface area contributed by atoms with E-state index < -0.39 is 13.5 Å². The molecule has 0 aromatic heterocycles. The number of rotatable bonds is 34. The van der Waals surface area contributed by atoms with E-state index >= 15 is 0 Å². The standard InChI is InChI=1S/C32H35FO2.C32H40N2O2Si.C30H34N2O3.C30H36N2O2/c1-32(2,3)31(34)35-28-20-18-27(19-21-28)30(26-16-14-24(15-17-26)23-11-7-12-23)29(13-8-22-33)25-9-5-4-6-10-25;1-37(2,23-34-21-27-19-33-20-28(27)22-34)30-16-12-26(13-17-30)32(25-10-14-29(36)15-11-25)31(9-6-18-35)24-7-4-3-5-8-24;33-21-7-10-28(23-8-3-1-4-9-23)30(25-13-17-27(34)18-14-25)24-11-15-26(16-12-24)31-29(35)22-32-19-5-2-6-20-32;1-23(2)31-18-20-32(21-19-31)27-14-10-25(11-15-27)30(26-12-16-28(34)17-13-26)29(9-6-22-33)24-7-4-3-5-8-24/h4-6,9-10,14-21,23H,7-8,11-13,22H2,1-3H3;3-5,7-8,10-17,27-28,33,35-36H,6,9,18-23H2,1-2H3;1,3-4,8-9,11-18,33-34H,2,5-7,10,19-22H2,(H,31,35);3-5,7-8,10-17,23,33-34H,6,9,18-22H2,1-2H3/b30-29+;32-31-;30-28+;30-29+/t;27-,28+;;. The summed E-state index contributed by atoms with van der Waals surface area (Å²) in [5, 5.41) is 66.6. The largest absolute Gasteiger partial charge is 0.508 e. The number of phenols is 3. The first-order valence-corrected chi connectivity index (χ1v) is 54.3. The number of aromatic hydroxyl groups is 3. The first kappa shape index (κ1) is 104. The minimum absolute atomic E-state index is 0.0156. The van der Waals surface area contributed by atoms with Crippen molar-refractivity contribution in [2.24, 2.45) is 17.3 Å². The third kappa shape index (κ3) is 29.2. The Morgan fingerprint density at radius 1 is 0.418 bits per heavy atom. The van der Waals surface area contributed by atoms with Crippen LogP contribution in [0.1, 0.15) is 203 Å². The average Bonchev–Trinajstić information content (AvgIpc) is 1.79. The van der Waals surface area contributed by atoms with E-state index in [4.69, 9.17) is 4.74 Å². The maximum Gasteiger partial charge on any atom is 0.316 e. The van der Waals surface area contributed by atoms with Crippen molar-refractivity contribution in [3.8, 4) is 23.0 Å². The number of allylic oxidation sites excluding steroid dienone is 4. The molecule has 12 aromatic rings. The van der Waals surface area contributed by atoms with Gasteiger partial charge in [-0.25, -0.2) is 0 Å². The van der Waals surface area contributed by atoms with E-state index in [2.05, 4.69) is 203 Å². The first-order valence-electron chi connectivity index (χ1n) is 51.1. The third-order valence-corrected chi connectivity index (χ3v) is 31.2. The molecular formula is C124H145FN6O9Si. The molecule has 0 bridgehead atoms. The fourth-order valence-electron chi connectivity index (χ4n) is 20.2. The van der Waals surface area contributed by atoms with Crippen molar-refractivity contribution in [2.75, 3.05) is 115 Å². The number of esters is 1. The maximum atomic E-state index is 13.3. The van der Waals surface area contributed by atoms with Gasteiger partial charge in [0.25, 0.3) is 0 Å². The van der Waals surface area contributed by atoms with Gasteiger partial charge in [0.15, 0.2) is 0 Å². The van der Waals surface area contributed by atoms with E-state index in [1.165, 1.54) is 102 Å². The van der Waals surface area contributed by atoms with E-state index in [9.17, 15) is 44.6 Å². The smallest absolute Gasteiger partial charge is 0.316 e. The highest BCUT2D eigenvalue weighted by atomic mass is 28.3. The van der Waals surface area contributed by atoms with Crippen LogP contribution in [0.25, 0.3) is 44.6 Å². The predicted molar refractivity (Wildman–Crippen MR) is 583 cm³/mol. The molecule has 4 saturated heterocycles. The predicted octanol–water partition coefficient (Wildman–Crippen LogP) is 24.5.